The van der Waals surface area contributed by atoms with Crippen molar-refractivity contribution in [3.05, 3.63) is 5.69 Å². The summed E-state index contributed by atoms with van der Waals surface area (Å²) in [6.07, 6.45) is -4.46. The Morgan fingerprint density at radius 3 is 2.60 bits per heavy atom. The van der Waals surface area contributed by atoms with Crippen LogP contribution in [0.5, 0.6) is 0 Å². The molecular formula is C18H25F3N6O3. The Kier molecular flexibility index (Phi) is 6.06. The Morgan fingerprint density at radius 2 is 2.00 bits per heavy atom. The van der Waals surface area contributed by atoms with E-state index in [0.29, 0.717) is 36.2 Å². The molecule has 0 spiro atoms. The molecule has 2 amide bonds. The molecular weight excluding hydrogens is 405 g/mol. The van der Waals surface area contributed by atoms with Crippen LogP contribution in [0.15, 0.2) is 0 Å². The number of carbonyl (C=O) groups excluding carboxylic acids is 2. The van der Waals surface area contributed by atoms with Crippen molar-refractivity contribution in [1.82, 2.24) is 14.9 Å². The topological polar surface area (TPSA) is 99.7 Å². The maximum absolute atomic E-state index is 12.4. The summed E-state index contributed by atoms with van der Waals surface area (Å²) in [6.45, 7) is 4.25. The number of aromatic nitrogens is 2. The second-order valence-electron chi connectivity index (χ2n) is 7.87. The number of ether oxygens (including phenoxy) is 1. The zero-order valence-corrected chi connectivity index (χ0v) is 17.2. The molecule has 2 aliphatic rings. The molecule has 1 fully saturated rings. The molecule has 2 aliphatic heterocycles. The molecule has 0 unspecified atom stereocenters. The van der Waals surface area contributed by atoms with Gasteiger partial charge in [0.05, 0.1) is 11.7 Å². The number of halogens is 3. The van der Waals surface area contributed by atoms with Gasteiger partial charge in [0, 0.05) is 20.1 Å². The molecule has 30 heavy (non-hydrogen) atoms. The first-order valence-corrected chi connectivity index (χ1v) is 9.57. The van der Waals surface area contributed by atoms with Gasteiger partial charge in [-0.15, -0.1) is 0 Å². The second-order valence-corrected chi connectivity index (χ2v) is 7.87. The van der Waals surface area contributed by atoms with E-state index in [1.54, 1.807) is 6.92 Å². The molecule has 166 valence electrons. The SMILES string of the molecule is Cc1nc(NC2CN(C(=O)COCC(F)(F)F)C2)nc2c1NC(=O)[C@H](C(C)C)N2C. The zero-order valence-electron chi connectivity index (χ0n) is 17.2. The largest absolute Gasteiger partial charge is 0.411 e. The van der Waals surface area contributed by atoms with Gasteiger partial charge in [0.15, 0.2) is 5.82 Å². The van der Waals surface area contributed by atoms with Crippen LogP contribution in [-0.2, 0) is 14.3 Å². The highest BCUT2D eigenvalue weighted by molar-refractivity contribution is 6.03. The van der Waals surface area contributed by atoms with E-state index in [4.69, 9.17) is 0 Å². The van der Waals surface area contributed by atoms with Crippen LogP contribution in [0.1, 0.15) is 19.5 Å². The summed E-state index contributed by atoms with van der Waals surface area (Å²) in [7, 11) is 1.81. The zero-order chi connectivity index (χ0) is 22.2. The number of amides is 2. The molecule has 0 aliphatic carbocycles. The second kappa shape index (κ2) is 8.25. The summed E-state index contributed by atoms with van der Waals surface area (Å²) >= 11 is 0. The molecule has 1 atom stereocenters. The van der Waals surface area contributed by atoms with E-state index in [1.165, 1.54) is 4.90 Å². The monoisotopic (exact) mass is 430 g/mol. The molecule has 1 aromatic rings. The number of nitrogens with one attached hydrogen (secondary N) is 2. The number of fused-ring (bicyclic) bond motifs is 1. The van der Waals surface area contributed by atoms with Gasteiger partial charge in [0.1, 0.15) is 24.9 Å². The van der Waals surface area contributed by atoms with E-state index in [9.17, 15) is 22.8 Å². The third-order valence-electron chi connectivity index (χ3n) is 5.03. The first-order chi connectivity index (χ1) is 14.0. The molecule has 12 heteroatoms. The average molecular weight is 430 g/mol. The minimum atomic E-state index is -4.46. The van der Waals surface area contributed by atoms with E-state index in [0.717, 1.165) is 0 Å². The summed E-state index contributed by atoms with van der Waals surface area (Å²) in [5.74, 6) is 0.453. The van der Waals surface area contributed by atoms with Crippen molar-refractivity contribution in [3.63, 3.8) is 0 Å². The van der Waals surface area contributed by atoms with Crippen molar-refractivity contribution in [2.45, 2.75) is 39.0 Å². The Hall–Kier alpha value is -2.63. The maximum Gasteiger partial charge on any atom is 0.411 e. The van der Waals surface area contributed by atoms with Gasteiger partial charge in [0.2, 0.25) is 17.8 Å². The molecule has 9 nitrogen and oxygen atoms in total. The van der Waals surface area contributed by atoms with E-state index >= 15 is 0 Å². The van der Waals surface area contributed by atoms with E-state index in [1.807, 2.05) is 25.8 Å². The standard InChI is InChI=1S/C18H25F3N6O3/c1-9(2)14-16(29)24-13-10(3)22-17(25-15(13)26(14)4)23-11-5-27(6-11)12(28)7-30-8-18(19,20)21/h9,11,14H,5-8H2,1-4H3,(H,24,29)(H,22,23,25)/t14-/m0/s1. The van der Waals surface area contributed by atoms with Crippen molar-refractivity contribution >= 4 is 29.3 Å². The summed E-state index contributed by atoms with van der Waals surface area (Å²) in [4.78, 5) is 36.4. The highest BCUT2D eigenvalue weighted by Crippen LogP contribution is 2.34. The minimum Gasteiger partial charge on any atom is -0.362 e. The number of likely N-dealkylation sites (tertiary alicyclic amines) is 1. The van der Waals surface area contributed by atoms with Crippen LogP contribution in [0.2, 0.25) is 0 Å². The number of nitrogens with zero attached hydrogens (tertiary/aromatic N) is 4. The van der Waals surface area contributed by atoms with Gasteiger partial charge >= 0.3 is 6.18 Å². The highest BCUT2D eigenvalue weighted by Gasteiger charge is 2.36. The molecule has 0 saturated carbocycles. The average Bonchev–Trinajstić information content (AvgIpc) is 2.57. The molecule has 3 rings (SSSR count). The molecule has 0 aromatic carbocycles. The summed E-state index contributed by atoms with van der Waals surface area (Å²) in [5.41, 5.74) is 1.18. The number of hydrogen-bond donors (Lipinski definition) is 2. The van der Waals surface area contributed by atoms with Gasteiger partial charge in [-0.05, 0) is 12.8 Å². The number of aryl methyl sites for hydroxylation is 1. The van der Waals surface area contributed by atoms with Crippen LogP contribution in [0.3, 0.4) is 0 Å². The van der Waals surface area contributed by atoms with Crippen LogP contribution in [0.4, 0.5) is 30.6 Å². The van der Waals surface area contributed by atoms with Crippen LogP contribution >= 0.6 is 0 Å². The first-order valence-electron chi connectivity index (χ1n) is 9.57. The minimum absolute atomic E-state index is 0.0839. The van der Waals surface area contributed by atoms with E-state index in [2.05, 4.69) is 25.3 Å². The first kappa shape index (κ1) is 22.1. The Morgan fingerprint density at radius 1 is 1.33 bits per heavy atom. The van der Waals surface area contributed by atoms with Crippen molar-refractivity contribution in [2.24, 2.45) is 5.92 Å². The van der Waals surface area contributed by atoms with Crippen molar-refractivity contribution < 1.29 is 27.5 Å². The van der Waals surface area contributed by atoms with Crippen LogP contribution in [0.25, 0.3) is 0 Å². The van der Waals surface area contributed by atoms with Crippen molar-refractivity contribution in [2.75, 3.05) is 48.9 Å². The number of rotatable bonds is 6. The molecule has 2 N–H and O–H groups in total. The normalized spacial score (nSPS) is 19.5. The lowest BCUT2D eigenvalue weighted by molar-refractivity contribution is -0.178. The van der Waals surface area contributed by atoms with E-state index < -0.39 is 25.3 Å². The lowest BCUT2D eigenvalue weighted by Gasteiger charge is -2.40. The molecule has 0 bridgehead atoms. The van der Waals surface area contributed by atoms with Crippen LogP contribution in [0, 0.1) is 12.8 Å². The summed E-state index contributed by atoms with van der Waals surface area (Å²) in [5, 5.41) is 6.00. The van der Waals surface area contributed by atoms with Gasteiger partial charge in [-0.2, -0.15) is 18.2 Å². The lowest BCUT2D eigenvalue weighted by atomic mass is 9.99. The lowest BCUT2D eigenvalue weighted by Crippen LogP contribution is -2.58. The number of carbonyl (C=O) groups is 2. The van der Waals surface area contributed by atoms with Gasteiger partial charge in [-0.1, -0.05) is 13.8 Å². The molecule has 0 radical (unpaired) electrons. The summed E-state index contributed by atoms with van der Waals surface area (Å²) in [6, 6.07) is -0.480. The smallest absolute Gasteiger partial charge is 0.362 e. The third-order valence-corrected chi connectivity index (χ3v) is 5.03. The molecule has 1 saturated heterocycles. The summed E-state index contributed by atoms with van der Waals surface area (Å²) < 4.78 is 40.6. The van der Waals surface area contributed by atoms with Gasteiger partial charge in [-0.3, -0.25) is 9.59 Å². The van der Waals surface area contributed by atoms with Crippen LogP contribution < -0.4 is 15.5 Å². The Labute approximate surface area is 172 Å². The predicted molar refractivity (Wildman–Crippen MR) is 103 cm³/mol. The number of alkyl halides is 3. The van der Waals surface area contributed by atoms with Crippen molar-refractivity contribution in [1.29, 1.82) is 0 Å². The Balaban J connectivity index is 1.59. The number of hydrogen-bond acceptors (Lipinski definition) is 7. The predicted octanol–water partition coefficient (Wildman–Crippen LogP) is 1.40. The Bertz CT molecular complexity index is 826. The van der Waals surface area contributed by atoms with E-state index in [-0.39, 0.29) is 23.9 Å². The van der Waals surface area contributed by atoms with Crippen LogP contribution in [-0.4, -0.2) is 78.3 Å². The van der Waals surface area contributed by atoms with Gasteiger partial charge in [-0.25, -0.2) is 4.98 Å². The maximum atomic E-state index is 12.4. The molecule has 1 aromatic heterocycles. The van der Waals surface area contributed by atoms with Gasteiger partial charge in [0.25, 0.3) is 0 Å². The number of anilines is 3. The van der Waals surface area contributed by atoms with Gasteiger partial charge < -0.3 is 25.2 Å². The third kappa shape index (κ3) is 4.74. The molecule has 3 heterocycles. The fourth-order valence-electron chi connectivity index (χ4n) is 3.58. The fourth-order valence-corrected chi connectivity index (χ4v) is 3.58. The number of likely N-dealkylation sites (N-methyl/N-ethyl adjacent to an activating group) is 1. The fraction of sp³-hybridized carbons (Fsp3) is 0.667. The highest BCUT2D eigenvalue weighted by atomic mass is 19.4. The quantitative estimate of drug-likeness (QED) is 0.704. The van der Waals surface area contributed by atoms with Crippen molar-refractivity contribution in [3.8, 4) is 0 Å².